The zero-order valence-electron chi connectivity index (χ0n) is 10.5. The lowest BCUT2D eigenvalue weighted by atomic mass is 10.0. The van der Waals surface area contributed by atoms with Crippen LogP contribution in [0.1, 0.15) is 24.7 Å². The van der Waals surface area contributed by atoms with Crippen LogP contribution in [0.5, 0.6) is 0 Å². The molecule has 0 N–H and O–H groups in total. The van der Waals surface area contributed by atoms with Gasteiger partial charge in [0.05, 0.1) is 5.69 Å². The van der Waals surface area contributed by atoms with Crippen molar-refractivity contribution in [3.8, 4) is 0 Å². The number of ketones is 1. The van der Waals surface area contributed by atoms with Crippen LogP contribution in [0, 0.1) is 12.8 Å². The van der Waals surface area contributed by atoms with Gasteiger partial charge in [0.1, 0.15) is 5.78 Å². The third kappa shape index (κ3) is 3.77. The molecule has 90 valence electrons. The predicted octanol–water partition coefficient (Wildman–Crippen LogP) is 1.51. The van der Waals surface area contributed by atoms with E-state index in [0.717, 1.165) is 11.4 Å². The van der Waals surface area contributed by atoms with E-state index in [1.165, 1.54) is 0 Å². The summed E-state index contributed by atoms with van der Waals surface area (Å²) in [5, 5.41) is 4.22. The average Bonchev–Trinajstić information content (AvgIpc) is 2.44. The number of Topliss-reactive ketones (excluding diaryl/α,β-unsaturated/α-hetero) is 1. The Morgan fingerprint density at radius 3 is 2.81 bits per heavy atom. The molecule has 0 aliphatic rings. The fraction of sp³-hybridized carbons (Fsp3) is 0.667. The quantitative estimate of drug-likeness (QED) is 0.735. The van der Waals surface area contributed by atoms with Gasteiger partial charge >= 0.3 is 0 Å². The maximum atomic E-state index is 11.8. The number of nitrogens with zero attached hydrogens (tertiary/aromatic N) is 2. The maximum Gasteiger partial charge on any atom is 0.139 e. The van der Waals surface area contributed by atoms with Crippen molar-refractivity contribution in [3.63, 3.8) is 0 Å². The zero-order valence-corrected chi connectivity index (χ0v) is 10.5. The van der Waals surface area contributed by atoms with Crippen LogP contribution in [-0.4, -0.2) is 29.3 Å². The van der Waals surface area contributed by atoms with Crippen molar-refractivity contribution in [2.45, 2.75) is 26.7 Å². The molecule has 0 aliphatic carbocycles. The summed E-state index contributed by atoms with van der Waals surface area (Å²) in [7, 11) is 3.53. The Kier molecular flexibility index (Phi) is 4.68. The fourth-order valence-corrected chi connectivity index (χ4v) is 1.84. The molecule has 1 rings (SSSR count). The number of hydrogen-bond acceptors (Lipinski definition) is 3. The highest BCUT2D eigenvalue weighted by Gasteiger charge is 2.12. The highest BCUT2D eigenvalue weighted by Crippen LogP contribution is 2.08. The molecule has 0 spiro atoms. The number of aryl methyl sites for hydroxylation is 2. The van der Waals surface area contributed by atoms with E-state index in [4.69, 9.17) is 4.74 Å². The maximum absolute atomic E-state index is 11.8. The van der Waals surface area contributed by atoms with E-state index in [1.54, 1.807) is 11.8 Å². The van der Waals surface area contributed by atoms with Crippen LogP contribution in [0.15, 0.2) is 6.07 Å². The SMILES string of the molecule is COCC(C)CC(=O)Cc1cc(C)nn1C. The molecule has 1 unspecified atom stereocenters. The molecule has 16 heavy (non-hydrogen) atoms. The van der Waals surface area contributed by atoms with Crippen molar-refractivity contribution in [2.24, 2.45) is 13.0 Å². The Bertz CT molecular complexity index is 358. The largest absolute Gasteiger partial charge is 0.384 e. The summed E-state index contributed by atoms with van der Waals surface area (Å²) in [5.41, 5.74) is 1.93. The van der Waals surface area contributed by atoms with Gasteiger partial charge in [-0.05, 0) is 18.9 Å². The number of rotatable bonds is 6. The van der Waals surface area contributed by atoms with E-state index < -0.39 is 0 Å². The van der Waals surface area contributed by atoms with Gasteiger partial charge in [0.25, 0.3) is 0 Å². The second-order valence-corrected chi connectivity index (χ2v) is 4.38. The summed E-state index contributed by atoms with van der Waals surface area (Å²) < 4.78 is 6.78. The molecule has 0 fully saturated rings. The van der Waals surface area contributed by atoms with E-state index in [0.29, 0.717) is 19.4 Å². The molecule has 0 radical (unpaired) electrons. The van der Waals surface area contributed by atoms with Gasteiger partial charge < -0.3 is 4.74 Å². The molecule has 0 bridgehead atoms. The zero-order chi connectivity index (χ0) is 12.1. The third-order valence-electron chi connectivity index (χ3n) is 2.50. The lowest BCUT2D eigenvalue weighted by Crippen LogP contribution is -2.14. The average molecular weight is 224 g/mol. The van der Waals surface area contributed by atoms with Crippen LogP contribution in [0.25, 0.3) is 0 Å². The van der Waals surface area contributed by atoms with Crippen LogP contribution in [0.3, 0.4) is 0 Å². The van der Waals surface area contributed by atoms with Gasteiger partial charge in [-0.25, -0.2) is 0 Å². The number of methoxy groups -OCH3 is 1. The molecule has 1 aromatic rings. The molecule has 4 heteroatoms. The van der Waals surface area contributed by atoms with Crippen molar-refractivity contribution in [1.82, 2.24) is 9.78 Å². The lowest BCUT2D eigenvalue weighted by molar-refractivity contribution is -0.119. The standard InChI is InChI=1S/C12H20N2O2/c1-9(8-16-4)5-12(15)7-11-6-10(2)13-14(11)3/h6,9H,5,7-8H2,1-4H3. The number of hydrogen-bond donors (Lipinski definition) is 0. The van der Waals surface area contributed by atoms with Gasteiger partial charge in [-0.2, -0.15) is 5.10 Å². The topological polar surface area (TPSA) is 44.1 Å². The Balaban J connectivity index is 2.48. The Morgan fingerprint density at radius 2 is 2.31 bits per heavy atom. The van der Waals surface area contributed by atoms with E-state index >= 15 is 0 Å². The number of ether oxygens (including phenoxy) is 1. The van der Waals surface area contributed by atoms with Crippen LogP contribution in [-0.2, 0) is 23.0 Å². The molecule has 1 aromatic heterocycles. The first-order valence-corrected chi connectivity index (χ1v) is 5.53. The highest BCUT2D eigenvalue weighted by molar-refractivity contribution is 5.80. The summed E-state index contributed by atoms with van der Waals surface area (Å²) in [5.74, 6) is 0.527. The third-order valence-corrected chi connectivity index (χ3v) is 2.50. The summed E-state index contributed by atoms with van der Waals surface area (Å²) >= 11 is 0. The summed E-state index contributed by atoms with van der Waals surface area (Å²) in [6.45, 7) is 4.59. The van der Waals surface area contributed by atoms with Crippen molar-refractivity contribution < 1.29 is 9.53 Å². The normalized spacial score (nSPS) is 12.8. The highest BCUT2D eigenvalue weighted by atomic mass is 16.5. The van der Waals surface area contributed by atoms with Crippen molar-refractivity contribution in [3.05, 3.63) is 17.5 Å². The van der Waals surface area contributed by atoms with Gasteiger partial charge in [-0.1, -0.05) is 6.92 Å². The minimum absolute atomic E-state index is 0.243. The molecule has 0 aliphatic heterocycles. The monoisotopic (exact) mass is 224 g/mol. The van der Waals surface area contributed by atoms with Gasteiger partial charge in [-0.15, -0.1) is 0 Å². The molecule has 4 nitrogen and oxygen atoms in total. The van der Waals surface area contributed by atoms with E-state index in [2.05, 4.69) is 5.10 Å². The molecule has 0 saturated heterocycles. The predicted molar refractivity (Wildman–Crippen MR) is 62.3 cm³/mol. The number of carbonyl (C=O) groups is 1. The first kappa shape index (κ1) is 12.9. The molecule has 1 atom stereocenters. The Labute approximate surface area is 96.6 Å². The van der Waals surface area contributed by atoms with E-state index in [1.807, 2.05) is 27.0 Å². The first-order chi connectivity index (χ1) is 7.52. The molecule has 0 amide bonds. The minimum Gasteiger partial charge on any atom is -0.384 e. The number of aromatic nitrogens is 2. The van der Waals surface area contributed by atoms with Crippen molar-refractivity contribution >= 4 is 5.78 Å². The molecule has 0 saturated carbocycles. The Hall–Kier alpha value is -1.16. The minimum atomic E-state index is 0.243. The molecular weight excluding hydrogens is 204 g/mol. The second-order valence-electron chi connectivity index (χ2n) is 4.38. The smallest absolute Gasteiger partial charge is 0.139 e. The summed E-state index contributed by atoms with van der Waals surface area (Å²) in [4.78, 5) is 11.8. The lowest BCUT2D eigenvalue weighted by Gasteiger charge is -2.08. The van der Waals surface area contributed by atoms with Crippen molar-refractivity contribution in [2.75, 3.05) is 13.7 Å². The van der Waals surface area contributed by atoms with Crippen LogP contribution in [0.4, 0.5) is 0 Å². The van der Waals surface area contributed by atoms with E-state index in [-0.39, 0.29) is 11.7 Å². The van der Waals surface area contributed by atoms with Crippen LogP contribution >= 0.6 is 0 Å². The first-order valence-electron chi connectivity index (χ1n) is 5.53. The molecule has 1 heterocycles. The van der Waals surface area contributed by atoms with Gasteiger partial charge in [-0.3, -0.25) is 9.48 Å². The van der Waals surface area contributed by atoms with Crippen molar-refractivity contribution in [1.29, 1.82) is 0 Å². The van der Waals surface area contributed by atoms with Crippen LogP contribution < -0.4 is 0 Å². The number of carbonyl (C=O) groups excluding carboxylic acids is 1. The molecule has 0 aromatic carbocycles. The van der Waals surface area contributed by atoms with E-state index in [9.17, 15) is 4.79 Å². The second kappa shape index (κ2) is 5.80. The van der Waals surface area contributed by atoms with Gasteiger partial charge in [0, 0.05) is 39.3 Å². The molecular formula is C12H20N2O2. The van der Waals surface area contributed by atoms with Gasteiger partial charge in [0.15, 0.2) is 0 Å². The van der Waals surface area contributed by atoms with Gasteiger partial charge in [0.2, 0.25) is 0 Å². The fourth-order valence-electron chi connectivity index (χ4n) is 1.84. The summed E-state index contributed by atoms with van der Waals surface area (Å²) in [6.07, 6.45) is 1.03. The van der Waals surface area contributed by atoms with Crippen LogP contribution in [0.2, 0.25) is 0 Å². The Morgan fingerprint density at radius 1 is 1.62 bits per heavy atom. The summed E-state index contributed by atoms with van der Waals surface area (Å²) in [6, 6.07) is 1.96.